The molecule has 4 aromatic rings. The second kappa shape index (κ2) is 11.0. The Hall–Kier alpha value is -3.94. The van der Waals surface area contributed by atoms with Crippen LogP contribution in [0.25, 0.3) is 22.4 Å². The maximum Gasteiger partial charge on any atom is 0.275 e. The molecule has 1 saturated heterocycles. The van der Waals surface area contributed by atoms with Gasteiger partial charge in [0.15, 0.2) is 0 Å². The van der Waals surface area contributed by atoms with Gasteiger partial charge in [0.2, 0.25) is 0 Å². The van der Waals surface area contributed by atoms with Gasteiger partial charge >= 0.3 is 0 Å². The van der Waals surface area contributed by atoms with Crippen molar-refractivity contribution in [3.63, 3.8) is 0 Å². The number of nitrogens with two attached hydrogens (primary N) is 1. The summed E-state index contributed by atoms with van der Waals surface area (Å²) in [4.78, 5) is 29.3. The van der Waals surface area contributed by atoms with Crippen molar-refractivity contribution in [2.75, 3.05) is 18.4 Å². The first-order valence-corrected chi connectivity index (χ1v) is 12.7. The second-order valence-corrected chi connectivity index (χ2v) is 9.78. The molecule has 4 heterocycles. The molecular formula is C30H32N6O. The fourth-order valence-electron chi connectivity index (χ4n) is 4.76. The Bertz CT molecular complexity index is 1390. The Morgan fingerprint density at radius 1 is 1.03 bits per heavy atom. The number of hydrogen-bond acceptors (Lipinski definition) is 6. The van der Waals surface area contributed by atoms with Gasteiger partial charge in [-0.2, -0.15) is 0 Å². The molecule has 5 rings (SSSR count). The third-order valence-corrected chi connectivity index (χ3v) is 6.70. The summed E-state index contributed by atoms with van der Waals surface area (Å²) in [5.41, 5.74) is 13.3. The Kier molecular flexibility index (Phi) is 7.35. The van der Waals surface area contributed by atoms with Crippen LogP contribution in [0.2, 0.25) is 0 Å². The van der Waals surface area contributed by atoms with Crippen molar-refractivity contribution in [3.05, 3.63) is 95.6 Å². The highest BCUT2D eigenvalue weighted by Crippen LogP contribution is 2.25. The zero-order valence-corrected chi connectivity index (χ0v) is 21.3. The summed E-state index contributed by atoms with van der Waals surface area (Å²) < 4.78 is 0. The highest BCUT2D eigenvalue weighted by Gasteiger charge is 2.18. The average Bonchev–Trinajstić information content (AvgIpc) is 2.90. The van der Waals surface area contributed by atoms with E-state index >= 15 is 0 Å². The standard InChI is InChI=1S/C30H32N6O/c1-20-16-33-28(15-26(20)23-7-4-3-5-8-23)30(37)35-29-14-22(18-36-12-6-9-25(31)19-36)13-27(34-29)24-11-10-21(2)32-17-24/h3-5,7-8,10-11,13-17,25H,6,9,12,18-19,31H2,1-2H3,(H,34,35,37)/t25-/m0/s1. The SMILES string of the molecule is Cc1ccc(-c2cc(CN3CCC[C@H](N)C3)cc(NC(=O)c3cc(-c4ccccc4)c(C)cn3)n2)cn1. The summed E-state index contributed by atoms with van der Waals surface area (Å²) in [6, 6.07) is 20.0. The molecule has 3 N–H and O–H groups in total. The number of aryl methyl sites for hydroxylation is 2. The number of amides is 1. The Labute approximate surface area is 217 Å². The molecule has 1 aliphatic rings. The largest absolute Gasteiger partial charge is 0.327 e. The van der Waals surface area contributed by atoms with Crippen molar-refractivity contribution < 1.29 is 4.79 Å². The van der Waals surface area contributed by atoms with Crippen LogP contribution in [-0.4, -0.2) is 44.9 Å². The number of hydrogen-bond donors (Lipinski definition) is 2. The van der Waals surface area contributed by atoms with Crippen LogP contribution in [0.1, 0.15) is 40.2 Å². The third kappa shape index (κ3) is 6.07. The molecule has 1 amide bonds. The van der Waals surface area contributed by atoms with Gasteiger partial charge in [-0.25, -0.2) is 4.98 Å². The number of carbonyl (C=O) groups excluding carboxylic acids is 1. The molecule has 1 atom stereocenters. The Morgan fingerprint density at radius 3 is 2.62 bits per heavy atom. The van der Waals surface area contributed by atoms with Crippen LogP contribution >= 0.6 is 0 Å². The zero-order valence-electron chi connectivity index (χ0n) is 21.3. The number of benzene rings is 1. The van der Waals surface area contributed by atoms with E-state index in [-0.39, 0.29) is 11.9 Å². The molecule has 1 aliphatic heterocycles. The minimum Gasteiger partial charge on any atom is -0.327 e. The second-order valence-electron chi connectivity index (χ2n) is 9.78. The lowest BCUT2D eigenvalue weighted by molar-refractivity contribution is 0.102. The number of pyridine rings is 3. The van der Waals surface area contributed by atoms with Crippen LogP contribution in [0, 0.1) is 13.8 Å². The molecule has 1 aromatic carbocycles. The molecule has 3 aromatic heterocycles. The maximum absolute atomic E-state index is 13.3. The van der Waals surface area contributed by atoms with E-state index in [1.54, 1.807) is 6.20 Å². The molecule has 0 unspecified atom stereocenters. The van der Waals surface area contributed by atoms with E-state index in [9.17, 15) is 4.79 Å². The maximum atomic E-state index is 13.3. The summed E-state index contributed by atoms with van der Waals surface area (Å²) in [6.45, 7) is 6.57. The lowest BCUT2D eigenvalue weighted by Crippen LogP contribution is -2.42. The molecule has 0 spiro atoms. The number of piperidine rings is 1. The number of rotatable bonds is 6. The predicted molar refractivity (Wildman–Crippen MR) is 147 cm³/mol. The van der Waals surface area contributed by atoms with E-state index in [2.05, 4.69) is 26.3 Å². The third-order valence-electron chi connectivity index (χ3n) is 6.70. The van der Waals surface area contributed by atoms with Crippen LogP contribution in [-0.2, 0) is 6.54 Å². The quantitative estimate of drug-likeness (QED) is 0.393. The smallest absolute Gasteiger partial charge is 0.275 e. The fourth-order valence-corrected chi connectivity index (χ4v) is 4.76. The summed E-state index contributed by atoms with van der Waals surface area (Å²) in [6.07, 6.45) is 5.71. The summed E-state index contributed by atoms with van der Waals surface area (Å²) >= 11 is 0. The van der Waals surface area contributed by atoms with Crippen LogP contribution in [0.15, 0.2) is 73.1 Å². The molecule has 0 saturated carbocycles. The number of carbonyl (C=O) groups is 1. The van der Waals surface area contributed by atoms with Crippen molar-refractivity contribution in [1.29, 1.82) is 0 Å². The zero-order chi connectivity index (χ0) is 25.8. The number of likely N-dealkylation sites (tertiary alicyclic amines) is 1. The van der Waals surface area contributed by atoms with Crippen molar-refractivity contribution >= 4 is 11.7 Å². The van der Waals surface area contributed by atoms with E-state index in [1.807, 2.05) is 74.6 Å². The predicted octanol–water partition coefficient (Wildman–Crippen LogP) is 5.00. The minimum atomic E-state index is -0.296. The fraction of sp³-hybridized carbons (Fsp3) is 0.267. The molecule has 7 heteroatoms. The number of anilines is 1. The van der Waals surface area contributed by atoms with Crippen LogP contribution in [0.5, 0.6) is 0 Å². The summed E-state index contributed by atoms with van der Waals surface area (Å²) in [7, 11) is 0. The van der Waals surface area contributed by atoms with Gasteiger partial charge in [0.25, 0.3) is 5.91 Å². The van der Waals surface area contributed by atoms with E-state index in [1.165, 1.54) is 0 Å². The van der Waals surface area contributed by atoms with E-state index in [0.29, 0.717) is 11.5 Å². The van der Waals surface area contributed by atoms with Crippen LogP contribution in [0.4, 0.5) is 5.82 Å². The average molecular weight is 493 g/mol. The van der Waals surface area contributed by atoms with Gasteiger partial charge in [-0.05, 0) is 85.8 Å². The Morgan fingerprint density at radius 2 is 1.86 bits per heavy atom. The Balaban J connectivity index is 1.44. The van der Waals surface area contributed by atoms with Crippen molar-refractivity contribution in [2.45, 2.75) is 39.3 Å². The molecule has 0 bridgehead atoms. The number of nitrogens with zero attached hydrogens (tertiary/aromatic N) is 4. The van der Waals surface area contributed by atoms with Gasteiger partial charge in [0.05, 0.1) is 5.69 Å². The molecular weight excluding hydrogens is 460 g/mol. The van der Waals surface area contributed by atoms with Crippen molar-refractivity contribution in [2.24, 2.45) is 5.73 Å². The monoisotopic (exact) mass is 492 g/mol. The first kappa shape index (κ1) is 24.7. The molecule has 37 heavy (non-hydrogen) atoms. The molecule has 188 valence electrons. The van der Waals surface area contributed by atoms with E-state index in [0.717, 1.165) is 71.7 Å². The summed E-state index contributed by atoms with van der Waals surface area (Å²) in [5.74, 6) is 0.192. The van der Waals surface area contributed by atoms with Gasteiger partial charge in [0, 0.05) is 42.8 Å². The topological polar surface area (TPSA) is 97.0 Å². The molecule has 1 fully saturated rings. The van der Waals surface area contributed by atoms with Crippen molar-refractivity contribution in [3.8, 4) is 22.4 Å². The number of aromatic nitrogens is 3. The highest BCUT2D eigenvalue weighted by molar-refractivity contribution is 6.03. The van der Waals surface area contributed by atoms with Gasteiger partial charge in [-0.15, -0.1) is 0 Å². The van der Waals surface area contributed by atoms with Crippen molar-refractivity contribution in [1.82, 2.24) is 19.9 Å². The van der Waals surface area contributed by atoms with Gasteiger partial charge in [-0.1, -0.05) is 30.3 Å². The lowest BCUT2D eigenvalue weighted by atomic mass is 10.0. The number of nitrogens with one attached hydrogen (secondary N) is 1. The summed E-state index contributed by atoms with van der Waals surface area (Å²) in [5, 5.41) is 2.99. The highest BCUT2D eigenvalue weighted by atomic mass is 16.1. The van der Waals surface area contributed by atoms with Gasteiger partial charge in [-0.3, -0.25) is 19.7 Å². The van der Waals surface area contributed by atoms with E-state index < -0.39 is 0 Å². The van der Waals surface area contributed by atoms with Gasteiger partial charge < -0.3 is 11.1 Å². The normalized spacial score (nSPS) is 15.9. The first-order valence-electron chi connectivity index (χ1n) is 12.7. The van der Waals surface area contributed by atoms with Gasteiger partial charge in [0.1, 0.15) is 11.5 Å². The molecule has 0 aliphatic carbocycles. The minimum absolute atomic E-state index is 0.196. The van der Waals surface area contributed by atoms with Crippen LogP contribution in [0.3, 0.4) is 0 Å². The lowest BCUT2D eigenvalue weighted by Gasteiger charge is -2.30. The van der Waals surface area contributed by atoms with E-state index in [4.69, 9.17) is 10.7 Å². The van der Waals surface area contributed by atoms with Crippen LogP contribution < -0.4 is 11.1 Å². The first-order chi connectivity index (χ1) is 17.9. The molecule has 0 radical (unpaired) electrons. The molecule has 7 nitrogen and oxygen atoms in total.